The summed E-state index contributed by atoms with van der Waals surface area (Å²) in [6.07, 6.45) is 2.11. The summed E-state index contributed by atoms with van der Waals surface area (Å²) in [5, 5.41) is 1.18. The van der Waals surface area contributed by atoms with Gasteiger partial charge in [-0.2, -0.15) is 4.89 Å². The highest BCUT2D eigenvalue weighted by Crippen LogP contribution is 2.13. The average Bonchev–Trinajstić information content (AvgIpc) is 2.63. The zero-order valence-corrected chi connectivity index (χ0v) is 15.8. The van der Waals surface area contributed by atoms with Crippen LogP contribution in [-0.2, 0) is 14.5 Å². The molecule has 0 saturated carbocycles. The van der Waals surface area contributed by atoms with Gasteiger partial charge in [0.25, 0.3) is 0 Å². The molecular weight excluding hydrogens is 320 g/mol. The number of ether oxygens (including phenoxy) is 1. The van der Waals surface area contributed by atoms with Crippen molar-refractivity contribution < 1.29 is 19.3 Å². The van der Waals surface area contributed by atoms with Crippen LogP contribution in [0.2, 0.25) is 6.04 Å². The summed E-state index contributed by atoms with van der Waals surface area (Å²) in [5.74, 6) is -0.504. The Kier molecular flexibility index (Phi) is 9.30. The molecule has 5 heteroatoms. The van der Waals surface area contributed by atoms with Crippen molar-refractivity contribution in [1.29, 1.82) is 0 Å². The van der Waals surface area contributed by atoms with Crippen molar-refractivity contribution in [2.24, 2.45) is 0 Å². The third-order valence-electron chi connectivity index (χ3n) is 4.06. The summed E-state index contributed by atoms with van der Waals surface area (Å²) in [7, 11) is -1.87. The highest BCUT2D eigenvalue weighted by Gasteiger charge is 2.26. The fraction of sp³-hybridized carbons (Fsp3) is 0.421. The molecule has 0 N–H and O–H groups in total. The van der Waals surface area contributed by atoms with Gasteiger partial charge in [0, 0.05) is 6.61 Å². The Morgan fingerprint density at radius 3 is 2.29 bits per heavy atom. The first-order valence-electron chi connectivity index (χ1n) is 8.42. The lowest BCUT2D eigenvalue weighted by Crippen LogP contribution is -2.43. The molecule has 1 aromatic carbocycles. The fourth-order valence-corrected chi connectivity index (χ4v) is 4.72. The van der Waals surface area contributed by atoms with E-state index in [0.717, 1.165) is 18.9 Å². The van der Waals surface area contributed by atoms with Crippen molar-refractivity contribution >= 4 is 19.2 Å². The second kappa shape index (κ2) is 11.0. The first kappa shape index (κ1) is 20.4. The molecule has 0 saturated heterocycles. The van der Waals surface area contributed by atoms with Crippen LogP contribution in [0.4, 0.5) is 0 Å². The monoisotopic (exact) mass is 348 g/mol. The Labute approximate surface area is 146 Å². The van der Waals surface area contributed by atoms with Gasteiger partial charge in [-0.1, -0.05) is 49.0 Å². The van der Waals surface area contributed by atoms with Crippen LogP contribution in [0.15, 0.2) is 48.8 Å². The van der Waals surface area contributed by atoms with Crippen LogP contribution in [0.3, 0.4) is 0 Å². The number of carbonyl (C=O) groups excluding carboxylic acids is 1. The van der Waals surface area contributed by atoms with Gasteiger partial charge in [0.15, 0.2) is 0 Å². The quantitative estimate of drug-likeness (QED) is 0.250. The van der Waals surface area contributed by atoms with Crippen molar-refractivity contribution in [3.63, 3.8) is 0 Å². The van der Waals surface area contributed by atoms with Gasteiger partial charge in [-0.05, 0) is 24.6 Å². The maximum absolute atomic E-state index is 11.9. The molecule has 0 aliphatic carbocycles. The van der Waals surface area contributed by atoms with Gasteiger partial charge in [0.1, 0.15) is 14.7 Å². The van der Waals surface area contributed by atoms with Gasteiger partial charge in [0.05, 0.1) is 12.2 Å². The van der Waals surface area contributed by atoms with Crippen LogP contribution in [0, 0.1) is 0 Å². The number of hydrogen-bond donors (Lipinski definition) is 0. The molecule has 132 valence electrons. The van der Waals surface area contributed by atoms with E-state index >= 15 is 0 Å². The summed E-state index contributed by atoms with van der Waals surface area (Å²) < 4.78 is 5.32. The topological polar surface area (TPSA) is 44.8 Å². The Morgan fingerprint density at radius 2 is 1.75 bits per heavy atom. The third-order valence-corrected chi connectivity index (χ3v) is 8.09. The van der Waals surface area contributed by atoms with Crippen LogP contribution >= 0.6 is 0 Å². The molecule has 0 unspecified atom stereocenters. The van der Waals surface area contributed by atoms with E-state index in [1.54, 1.807) is 12.1 Å². The number of unbranched alkanes of at least 4 members (excludes halogenated alkanes) is 1. The van der Waals surface area contributed by atoms with E-state index in [1.807, 2.05) is 23.5 Å². The predicted octanol–water partition coefficient (Wildman–Crippen LogP) is 3.72. The van der Waals surface area contributed by atoms with Crippen LogP contribution < -0.4 is 5.19 Å². The molecule has 0 radical (unpaired) electrons. The summed E-state index contributed by atoms with van der Waals surface area (Å²) in [6, 6.07) is 8.39. The molecule has 4 nitrogen and oxygen atoms in total. The molecule has 24 heavy (non-hydrogen) atoms. The smallest absolute Gasteiger partial charge is 0.373 e. The van der Waals surface area contributed by atoms with Gasteiger partial charge >= 0.3 is 5.97 Å². The predicted molar refractivity (Wildman–Crippen MR) is 99.8 cm³/mol. The van der Waals surface area contributed by atoms with Crippen LogP contribution in [-0.4, -0.2) is 33.9 Å². The molecule has 1 aromatic rings. The third kappa shape index (κ3) is 5.74. The van der Waals surface area contributed by atoms with E-state index < -0.39 is 14.0 Å². The number of carbonyl (C=O) groups is 1. The Balaban J connectivity index is 2.49. The van der Waals surface area contributed by atoms with Crippen molar-refractivity contribution in [3.05, 3.63) is 54.4 Å². The van der Waals surface area contributed by atoms with Crippen molar-refractivity contribution in [2.45, 2.75) is 32.7 Å². The van der Waals surface area contributed by atoms with Crippen LogP contribution in [0.25, 0.3) is 0 Å². The molecule has 0 atom stereocenters. The van der Waals surface area contributed by atoms with E-state index in [9.17, 15) is 4.79 Å². The largest absolute Gasteiger partial charge is 0.379 e. The molecular formula is C19H28O4Si. The summed E-state index contributed by atoms with van der Waals surface area (Å²) >= 11 is 0. The minimum absolute atomic E-state index is 0.228. The first-order valence-corrected chi connectivity index (χ1v) is 10.8. The summed E-state index contributed by atoms with van der Waals surface area (Å²) in [5.41, 5.74) is 4.47. The van der Waals surface area contributed by atoms with Gasteiger partial charge in [-0.25, -0.2) is 4.79 Å². The van der Waals surface area contributed by atoms with Gasteiger partial charge < -0.3 is 4.74 Å². The molecule has 0 amide bonds. The summed E-state index contributed by atoms with van der Waals surface area (Å²) in [6.45, 7) is 13.5. The second-order valence-corrected chi connectivity index (χ2v) is 9.72. The maximum atomic E-state index is 11.9. The Morgan fingerprint density at radius 1 is 1.08 bits per heavy atom. The fourth-order valence-electron chi connectivity index (χ4n) is 2.31. The van der Waals surface area contributed by atoms with E-state index in [2.05, 4.69) is 27.0 Å². The zero-order valence-electron chi connectivity index (χ0n) is 14.8. The second-order valence-electron chi connectivity index (χ2n) is 5.54. The molecule has 0 fully saturated rings. The number of benzene rings is 1. The first-order chi connectivity index (χ1) is 11.6. The lowest BCUT2D eigenvalue weighted by molar-refractivity contribution is -0.247. The molecule has 0 bridgehead atoms. The zero-order chi connectivity index (χ0) is 17.8. The van der Waals surface area contributed by atoms with E-state index in [0.29, 0.717) is 18.8 Å². The Bertz CT molecular complexity index is 517. The van der Waals surface area contributed by atoms with Gasteiger partial charge in [-0.15, -0.1) is 13.2 Å². The molecule has 1 rings (SSSR count). The van der Waals surface area contributed by atoms with Gasteiger partial charge in [0.2, 0.25) is 0 Å². The standard InChI is InChI=1S/C19H28O4Si/c1-5-9-14-21-15-16-22-23-19(20)17-10-12-18(13-11-17)24(6-2,7-3)8-4/h6-7,10-13H,2-3,5,8-9,14-16H2,1,4H3. The van der Waals surface area contributed by atoms with Crippen molar-refractivity contribution in [2.75, 3.05) is 19.8 Å². The van der Waals surface area contributed by atoms with Crippen LogP contribution in [0.1, 0.15) is 37.0 Å². The SMILES string of the molecule is C=C[Si](C=C)(CC)c1ccc(C(=O)OOCCOCCCC)cc1. The normalized spacial score (nSPS) is 11.1. The van der Waals surface area contributed by atoms with E-state index in [1.165, 1.54) is 5.19 Å². The minimum Gasteiger partial charge on any atom is -0.379 e. The minimum atomic E-state index is -1.87. The molecule has 0 aliphatic rings. The lowest BCUT2D eigenvalue weighted by atomic mass is 10.2. The summed E-state index contributed by atoms with van der Waals surface area (Å²) in [4.78, 5) is 21.6. The highest BCUT2D eigenvalue weighted by molar-refractivity contribution is 6.99. The van der Waals surface area contributed by atoms with Crippen LogP contribution in [0.5, 0.6) is 0 Å². The molecule has 0 aliphatic heterocycles. The molecule has 0 heterocycles. The van der Waals surface area contributed by atoms with Crippen molar-refractivity contribution in [3.8, 4) is 0 Å². The maximum Gasteiger partial charge on any atom is 0.373 e. The average molecular weight is 349 g/mol. The Hall–Kier alpha value is -1.69. The number of hydrogen-bond acceptors (Lipinski definition) is 4. The van der Waals surface area contributed by atoms with Crippen molar-refractivity contribution in [1.82, 2.24) is 0 Å². The van der Waals surface area contributed by atoms with E-state index in [-0.39, 0.29) is 6.61 Å². The highest BCUT2D eigenvalue weighted by atomic mass is 28.3. The number of rotatable bonds is 12. The molecule has 0 spiro atoms. The van der Waals surface area contributed by atoms with Gasteiger partial charge in [-0.3, -0.25) is 4.89 Å². The lowest BCUT2D eigenvalue weighted by Gasteiger charge is -2.23. The molecule has 0 aromatic heterocycles. The van der Waals surface area contributed by atoms with E-state index in [4.69, 9.17) is 14.5 Å².